The lowest BCUT2D eigenvalue weighted by molar-refractivity contribution is 0.172. The fraction of sp³-hybridized carbons (Fsp3) is 1.00. The number of nitrogens with zero attached hydrogens (tertiary/aromatic N) is 1. The molecule has 0 aliphatic carbocycles. The zero-order valence-corrected chi connectivity index (χ0v) is 8.64. The summed E-state index contributed by atoms with van der Waals surface area (Å²) < 4.78 is 0. The first-order valence-electron chi connectivity index (χ1n) is 5.12. The molecule has 2 unspecified atom stereocenters. The van der Waals surface area contributed by atoms with Crippen molar-refractivity contribution in [2.24, 2.45) is 5.92 Å². The summed E-state index contributed by atoms with van der Waals surface area (Å²) in [4.78, 5) is 2.58. The molecule has 0 radical (unpaired) electrons. The van der Waals surface area contributed by atoms with E-state index in [1.165, 1.54) is 32.5 Å². The molecule has 0 aromatic heterocycles. The Morgan fingerprint density at radius 3 is 2.92 bits per heavy atom. The van der Waals surface area contributed by atoms with E-state index >= 15 is 0 Å². The van der Waals surface area contributed by atoms with Gasteiger partial charge in [0.15, 0.2) is 0 Å². The zero-order valence-electron chi connectivity index (χ0n) is 8.64. The van der Waals surface area contributed by atoms with Gasteiger partial charge in [-0.15, -0.1) is 0 Å². The van der Waals surface area contributed by atoms with E-state index in [0.717, 1.165) is 5.92 Å². The minimum atomic E-state index is 0.635. The highest BCUT2D eigenvalue weighted by atomic mass is 15.1. The van der Waals surface area contributed by atoms with E-state index in [0.29, 0.717) is 6.04 Å². The predicted molar refractivity (Wildman–Crippen MR) is 53.4 cm³/mol. The van der Waals surface area contributed by atoms with Crippen molar-refractivity contribution in [2.45, 2.75) is 32.7 Å². The van der Waals surface area contributed by atoms with E-state index in [2.05, 4.69) is 24.1 Å². The lowest BCUT2D eigenvalue weighted by Gasteiger charge is -2.32. The third kappa shape index (κ3) is 3.11. The van der Waals surface area contributed by atoms with Gasteiger partial charge in [0.25, 0.3) is 0 Å². The Morgan fingerprint density at radius 2 is 2.33 bits per heavy atom. The highest BCUT2D eigenvalue weighted by molar-refractivity contribution is 4.73. The van der Waals surface area contributed by atoms with E-state index in [1.807, 2.05) is 7.05 Å². The van der Waals surface area contributed by atoms with Crippen LogP contribution in [0.25, 0.3) is 0 Å². The molecule has 0 amide bonds. The number of hydrogen-bond donors (Lipinski definition) is 1. The maximum atomic E-state index is 3.29. The predicted octanol–water partition coefficient (Wildman–Crippen LogP) is 1.33. The van der Waals surface area contributed by atoms with Crippen LogP contribution >= 0.6 is 0 Å². The van der Waals surface area contributed by atoms with Crippen molar-refractivity contribution in [2.75, 3.05) is 26.7 Å². The molecule has 2 heteroatoms. The first-order valence-corrected chi connectivity index (χ1v) is 5.12. The van der Waals surface area contributed by atoms with Gasteiger partial charge in [0.2, 0.25) is 0 Å². The third-order valence-electron chi connectivity index (χ3n) is 2.77. The van der Waals surface area contributed by atoms with E-state index in [-0.39, 0.29) is 0 Å². The molecule has 1 heterocycles. The summed E-state index contributed by atoms with van der Waals surface area (Å²) in [6, 6.07) is 0.635. The maximum absolute atomic E-state index is 3.29. The summed E-state index contributed by atoms with van der Waals surface area (Å²) in [6.07, 6.45) is 2.81. The SMILES string of the molecule is CNC(C)CN1CCCC(C)C1. The van der Waals surface area contributed by atoms with Crippen molar-refractivity contribution in [1.82, 2.24) is 10.2 Å². The molecule has 0 aromatic rings. The van der Waals surface area contributed by atoms with Crippen molar-refractivity contribution in [3.8, 4) is 0 Å². The monoisotopic (exact) mass is 170 g/mol. The highest BCUT2D eigenvalue weighted by Crippen LogP contribution is 2.15. The van der Waals surface area contributed by atoms with Gasteiger partial charge in [-0.3, -0.25) is 0 Å². The molecule has 72 valence electrons. The van der Waals surface area contributed by atoms with E-state index in [9.17, 15) is 0 Å². The number of likely N-dealkylation sites (tertiary alicyclic amines) is 1. The number of likely N-dealkylation sites (N-methyl/N-ethyl adjacent to an activating group) is 1. The largest absolute Gasteiger partial charge is 0.316 e. The van der Waals surface area contributed by atoms with Gasteiger partial charge in [-0.25, -0.2) is 0 Å². The van der Waals surface area contributed by atoms with Crippen LogP contribution in [0, 0.1) is 5.92 Å². The van der Waals surface area contributed by atoms with Gasteiger partial charge in [-0.2, -0.15) is 0 Å². The second-order valence-electron chi connectivity index (χ2n) is 4.20. The van der Waals surface area contributed by atoms with Crippen LogP contribution in [-0.2, 0) is 0 Å². The lowest BCUT2D eigenvalue weighted by atomic mass is 10.00. The zero-order chi connectivity index (χ0) is 8.97. The average Bonchev–Trinajstić information content (AvgIpc) is 2.04. The second kappa shape index (κ2) is 4.83. The van der Waals surface area contributed by atoms with E-state index < -0.39 is 0 Å². The first kappa shape index (κ1) is 10.0. The van der Waals surface area contributed by atoms with Crippen LogP contribution in [0.3, 0.4) is 0 Å². The normalized spacial score (nSPS) is 28.8. The lowest BCUT2D eigenvalue weighted by Crippen LogP contribution is -2.42. The molecule has 0 aromatic carbocycles. The van der Waals surface area contributed by atoms with Gasteiger partial charge in [-0.1, -0.05) is 6.92 Å². The van der Waals surface area contributed by atoms with Gasteiger partial charge in [0.05, 0.1) is 0 Å². The van der Waals surface area contributed by atoms with Crippen LogP contribution in [0.1, 0.15) is 26.7 Å². The summed E-state index contributed by atoms with van der Waals surface area (Å²) in [5, 5.41) is 3.29. The Bertz CT molecular complexity index is 125. The molecule has 0 bridgehead atoms. The first-order chi connectivity index (χ1) is 5.72. The minimum absolute atomic E-state index is 0.635. The average molecular weight is 170 g/mol. The third-order valence-corrected chi connectivity index (χ3v) is 2.77. The Labute approximate surface area is 76.3 Å². The quantitative estimate of drug-likeness (QED) is 0.687. The van der Waals surface area contributed by atoms with Gasteiger partial charge in [-0.05, 0) is 39.3 Å². The number of piperidine rings is 1. The molecule has 0 saturated carbocycles. The second-order valence-corrected chi connectivity index (χ2v) is 4.20. The Balaban J connectivity index is 2.22. The molecular weight excluding hydrogens is 148 g/mol. The van der Waals surface area contributed by atoms with Gasteiger partial charge >= 0.3 is 0 Å². The van der Waals surface area contributed by atoms with Crippen molar-refractivity contribution >= 4 is 0 Å². The minimum Gasteiger partial charge on any atom is -0.316 e. The highest BCUT2D eigenvalue weighted by Gasteiger charge is 2.16. The molecular formula is C10H22N2. The summed E-state index contributed by atoms with van der Waals surface area (Å²) in [5.74, 6) is 0.905. The molecule has 2 nitrogen and oxygen atoms in total. The van der Waals surface area contributed by atoms with Crippen LogP contribution in [0.2, 0.25) is 0 Å². The Morgan fingerprint density at radius 1 is 1.58 bits per heavy atom. The molecule has 1 rings (SSSR count). The fourth-order valence-electron chi connectivity index (χ4n) is 1.93. The van der Waals surface area contributed by atoms with Gasteiger partial charge < -0.3 is 10.2 Å². The van der Waals surface area contributed by atoms with Crippen molar-refractivity contribution in [3.63, 3.8) is 0 Å². The van der Waals surface area contributed by atoms with Crippen LogP contribution in [-0.4, -0.2) is 37.6 Å². The molecule has 1 aliphatic heterocycles. The number of hydrogen-bond acceptors (Lipinski definition) is 2. The van der Waals surface area contributed by atoms with Gasteiger partial charge in [0.1, 0.15) is 0 Å². The molecule has 1 N–H and O–H groups in total. The van der Waals surface area contributed by atoms with Gasteiger partial charge in [0, 0.05) is 19.1 Å². The standard InChI is InChI=1S/C10H22N2/c1-9-5-4-6-12(7-9)8-10(2)11-3/h9-11H,4-8H2,1-3H3. The summed E-state index contributed by atoms with van der Waals surface area (Å²) in [5.41, 5.74) is 0. The molecule has 1 saturated heterocycles. The van der Waals surface area contributed by atoms with Crippen molar-refractivity contribution in [1.29, 1.82) is 0 Å². The fourth-order valence-corrected chi connectivity index (χ4v) is 1.93. The summed E-state index contributed by atoms with van der Waals surface area (Å²) in [7, 11) is 2.04. The molecule has 1 aliphatic rings. The van der Waals surface area contributed by atoms with Crippen LogP contribution in [0.15, 0.2) is 0 Å². The molecule has 1 fully saturated rings. The molecule has 0 spiro atoms. The molecule has 12 heavy (non-hydrogen) atoms. The Kier molecular flexibility index (Phi) is 4.02. The van der Waals surface area contributed by atoms with Crippen molar-refractivity contribution < 1.29 is 0 Å². The number of rotatable bonds is 3. The van der Waals surface area contributed by atoms with E-state index in [4.69, 9.17) is 0 Å². The van der Waals surface area contributed by atoms with Crippen LogP contribution in [0.4, 0.5) is 0 Å². The van der Waals surface area contributed by atoms with Crippen LogP contribution < -0.4 is 5.32 Å². The maximum Gasteiger partial charge on any atom is 0.0163 e. The number of nitrogens with one attached hydrogen (secondary N) is 1. The topological polar surface area (TPSA) is 15.3 Å². The molecule has 2 atom stereocenters. The Hall–Kier alpha value is -0.0800. The summed E-state index contributed by atoms with van der Waals surface area (Å²) >= 11 is 0. The summed E-state index contributed by atoms with van der Waals surface area (Å²) in [6.45, 7) is 8.42. The van der Waals surface area contributed by atoms with E-state index in [1.54, 1.807) is 0 Å². The smallest absolute Gasteiger partial charge is 0.0163 e. The van der Waals surface area contributed by atoms with Crippen molar-refractivity contribution in [3.05, 3.63) is 0 Å². The van der Waals surface area contributed by atoms with Crippen LogP contribution in [0.5, 0.6) is 0 Å².